The van der Waals surface area contributed by atoms with E-state index in [4.69, 9.17) is 0 Å². The fourth-order valence-corrected chi connectivity index (χ4v) is 1.76. The molecule has 0 aromatic rings. The molecule has 0 spiro atoms. The molecule has 1 fully saturated rings. The number of rotatable bonds is 0. The van der Waals surface area contributed by atoms with E-state index in [0.717, 1.165) is 0 Å². The minimum Gasteiger partial charge on any atom is -0.218 e. The summed E-state index contributed by atoms with van der Waals surface area (Å²) >= 11 is 0. The van der Waals surface area contributed by atoms with Gasteiger partial charge < -0.3 is 0 Å². The van der Waals surface area contributed by atoms with E-state index in [-0.39, 0.29) is 0 Å². The third-order valence-corrected chi connectivity index (χ3v) is 2.97. The number of alkyl halides is 14. The maximum atomic E-state index is 13.3. The Morgan fingerprint density at radius 3 is 0.913 bits per heavy atom. The van der Waals surface area contributed by atoms with Crippen LogP contribution in [0.3, 0.4) is 0 Å². The second kappa shape index (κ2) is 4.30. The normalized spacial score (nSPS) is 37.7. The Labute approximate surface area is 114 Å². The highest BCUT2D eigenvalue weighted by Gasteiger charge is 3.03. The predicted molar refractivity (Wildman–Crippen MR) is 37.6 cm³/mol. The van der Waals surface area contributed by atoms with Crippen LogP contribution in [0.1, 0.15) is 0 Å². The lowest BCUT2D eigenvalue weighted by molar-refractivity contribution is -0.550. The van der Waals surface area contributed by atoms with Gasteiger partial charge in [-0.15, -0.1) is 4.48 Å². The second-order valence-electron chi connectivity index (χ2n) is 4.25. The van der Waals surface area contributed by atoms with Gasteiger partial charge in [0.15, 0.2) is 0 Å². The van der Waals surface area contributed by atoms with E-state index in [2.05, 4.69) is 0 Å². The topological polar surface area (TPSA) is 3.24 Å². The van der Waals surface area contributed by atoms with Gasteiger partial charge >= 0.3 is 41.7 Å². The van der Waals surface area contributed by atoms with Crippen LogP contribution in [-0.4, -0.2) is 46.8 Å². The summed E-state index contributed by atoms with van der Waals surface area (Å²) in [4.78, 5) is 0. The monoisotopic (exact) mass is 383 g/mol. The van der Waals surface area contributed by atoms with Crippen LogP contribution >= 0.6 is 0 Å². The summed E-state index contributed by atoms with van der Waals surface area (Å²) in [5, 5.41) is -4.15. The molecule has 0 amide bonds. The number of hydrogen-bond donors (Lipinski definition) is 0. The molecule has 1 nitrogen and oxygen atoms in total. The van der Waals surface area contributed by atoms with Crippen LogP contribution in [0.15, 0.2) is 0 Å². The number of halogens is 15. The highest BCUT2D eigenvalue weighted by atomic mass is 19.4. The smallest absolute Gasteiger partial charge is 0.218 e. The average molecular weight is 383 g/mol. The van der Waals surface area contributed by atoms with Gasteiger partial charge in [0.25, 0.3) is 0 Å². The summed E-state index contributed by atoms with van der Waals surface area (Å²) in [7, 11) is 0. The van der Waals surface area contributed by atoms with Gasteiger partial charge in [-0.05, 0) is 5.12 Å². The predicted octanol–water partition coefficient (Wildman–Crippen LogP) is 4.55. The molecule has 1 heterocycles. The largest absolute Gasteiger partial charge is 0.436 e. The first kappa shape index (κ1) is 20.0. The number of nitrogens with zero attached hydrogens (tertiary/aromatic N) is 1. The number of hydrogen-bond acceptors (Lipinski definition) is 1. The highest BCUT2D eigenvalue weighted by molar-refractivity contribution is 5.25. The van der Waals surface area contributed by atoms with Gasteiger partial charge in [0.2, 0.25) is 0 Å². The van der Waals surface area contributed by atoms with Crippen LogP contribution in [0.4, 0.5) is 65.9 Å². The Bertz CT molecular complexity index is 447. The molecule has 1 aliphatic rings. The molecule has 0 radical (unpaired) electrons. The lowest BCUT2D eigenvalue weighted by atomic mass is 9.76. The third-order valence-electron chi connectivity index (χ3n) is 2.97. The van der Waals surface area contributed by atoms with Crippen molar-refractivity contribution in [3.8, 4) is 0 Å². The van der Waals surface area contributed by atoms with Gasteiger partial charge in [-0.3, -0.25) is 0 Å². The van der Waals surface area contributed by atoms with Gasteiger partial charge in [-0.25, -0.2) is 8.78 Å². The molecule has 0 aliphatic carbocycles. The van der Waals surface area contributed by atoms with Gasteiger partial charge in [0, 0.05) is 0 Å². The molecule has 1 aliphatic heterocycles. The zero-order valence-electron chi connectivity index (χ0n) is 9.62. The Balaban J connectivity index is 4.00. The Morgan fingerprint density at radius 1 is 0.522 bits per heavy atom. The van der Waals surface area contributed by atoms with E-state index < -0.39 is 46.8 Å². The van der Waals surface area contributed by atoms with Crippen molar-refractivity contribution in [1.82, 2.24) is 5.12 Å². The maximum Gasteiger partial charge on any atom is 0.436 e. The van der Waals surface area contributed by atoms with Crippen molar-refractivity contribution in [3.05, 3.63) is 0 Å². The lowest BCUT2D eigenvalue weighted by Gasteiger charge is -2.54. The van der Waals surface area contributed by atoms with Crippen molar-refractivity contribution in [2.45, 2.75) is 41.7 Å². The Kier molecular flexibility index (Phi) is 3.73. The molecule has 0 N–H and O–H groups in total. The van der Waals surface area contributed by atoms with Gasteiger partial charge in [-0.2, -0.15) is 52.7 Å². The van der Waals surface area contributed by atoms with Crippen molar-refractivity contribution < 1.29 is 65.9 Å². The van der Waals surface area contributed by atoms with Crippen LogP contribution in [0.5, 0.6) is 0 Å². The standard InChI is InChI=1S/C7F15N/c8-1(4(12,13)14)3(10,11)2(9,5(15,16)17)7(20,21)23(22)6(1,18)19. The quantitative estimate of drug-likeness (QED) is 0.337. The van der Waals surface area contributed by atoms with Crippen LogP contribution in [-0.2, 0) is 0 Å². The fraction of sp³-hybridized carbons (Fsp3) is 1.00. The summed E-state index contributed by atoms with van der Waals surface area (Å²) < 4.78 is 190. The van der Waals surface area contributed by atoms with Crippen LogP contribution in [0.25, 0.3) is 0 Å². The molecule has 1 rings (SSSR count). The SMILES string of the molecule is FN1C(F)(F)C(F)(C(F)(F)F)C(F)(F)C(F)(C(F)(F)F)C1(F)F. The molecule has 0 aromatic carbocycles. The molecule has 0 bridgehead atoms. The molecular formula is C7F15N. The van der Waals surface area contributed by atoms with E-state index in [1.165, 1.54) is 0 Å². The third kappa shape index (κ3) is 1.77. The van der Waals surface area contributed by atoms with Crippen molar-refractivity contribution in [2.75, 3.05) is 0 Å². The minimum atomic E-state index is -8.16. The van der Waals surface area contributed by atoms with Crippen molar-refractivity contribution in [1.29, 1.82) is 0 Å². The van der Waals surface area contributed by atoms with Crippen LogP contribution in [0, 0.1) is 0 Å². The van der Waals surface area contributed by atoms with Gasteiger partial charge in [0.05, 0.1) is 0 Å². The molecule has 1 saturated heterocycles. The Hall–Kier alpha value is -1.09. The minimum absolute atomic E-state index is 4.15. The molecule has 16 heteroatoms. The number of piperidine rings is 1. The first-order valence-electron chi connectivity index (χ1n) is 4.76. The second-order valence-corrected chi connectivity index (χ2v) is 4.25. The van der Waals surface area contributed by atoms with Crippen LogP contribution < -0.4 is 0 Å². The average Bonchev–Trinajstić information content (AvgIpc) is 2.30. The zero-order valence-corrected chi connectivity index (χ0v) is 9.62. The van der Waals surface area contributed by atoms with E-state index >= 15 is 0 Å². The fourth-order valence-electron chi connectivity index (χ4n) is 1.76. The van der Waals surface area contributed by atoms with Crippen LogP contribution in [0.2, 0.25) is 0 Å². The Morgan fingerprint density at radius 2 is 0.739 bits per heavy atom. The van der Waals surface area contributed by atoms with E-state index in [9.17, 15) is 65.9 Å². The first-order valence-corrected chi connectivity index (χ1v) is 4.76. The summed E-state index contributed by atoms with van der Waals surface area (Å²) in [6.45, 7) is 0. The maximum absolute atomic E-state index is 13.3. The zero-order chi connectivity index (χ0) is 19.1. The van der Waals surface area contributed by atoms with E-state index in [0.29, 0.717) is 0 Å². The lowest BCUT2D eigenvalue weighted by Crippen LogP contribution is -2.88. The molecular weight excluding hydrogens is 383 g/mol. The summed E-state index contributed by atoms with van der Waals surface area (Å²) in [5.41, 5.74) is -15.9. The molecule has 0 saturated carbocycles. The van der Waals surface area contributed by atoms with Gasteiger partial charge in [0.1, 0.15) is 0 Å². The summed E-state index contributed by atoms with van der Waals surface area (Å²) in [6, 6.07) is -15.2. The molecule has 23 heavy (non-hydrogen) atoms. The van der Waals surface area contributed by atoms with Crippen molar-refractivity contribution in [2.24, 2.45) is 0 Å². The molecule has 0 aromatic heterocycles. The summed E-state index contributed by atoms with van der Waals surface area (Å²) in [5.74, 6) is -8.16. The summed E-state index contributed by atoms with van der Waals surface area (Å²) in [6.07, 6.45) is -15.5. The molecule has 2 unspecified atom stereocenters. The van der Waals surface area contributed by atoms with Crippen molar-refractivity contribution >= 4 is 0 Å². The van der Waals surface area contributed by atoms with Crippen molar-refractivity contribution in [3.63, 3.8) is 0 Å². The van der Waals surface area contributed by atoms with E-state index in [1.807, 2.05) is 0 Å². The first-order chi connectivity index (χ1) is 9.65. The van der Waals surface area contributed by atoms with Gasteiger partial charge in [-0.1, -0.05) is 0 Å². The molecule has 138 valence electrons. The highest BCUT2D eigenvalue weighted by Crippen LogP contribution is 2.70. The van der Waals surface area contributed by atoms with E-state index in [1.54, 1.807) is 0 Å². The molecule has 2 atom stereocenters.